The van der Waals surface area contributed by atoms with Crippen LogP contribution in [0.3, 0.4) is 0 Å². The standard InChI is InChI=1S/C14H14N2.2C2H6/c1-10-9-12-7-4-6-11-5-2-3-8-13(11)14(12)16-15-10;2*1-2/h2-3,5,8-9H,4,6-7H2,1H3;2*1-2H3. The first-order chi connectivity index (χ1) is 9.84. The van der Waals surface area contributed by atoms with Crippen LogP contribution >= 0.6 is 0 Å². The van der Waals surface area contributed by atoms with E-state index in [0.29, 0.717) is 0 Å². The van der Waals surface area contributed by atoms with Crippen LogP contribution in [0.1, 0.15) is 50.9 Å². The monoisotopic (exact) mass is 270 g/mol. The second-order valence-corrected chi connectivity index (χ2v) is 4.37. The molecule has 2 heteroatoms. The molecule has 0 amide bonds. The summed E-state index contributed by atoms with van der Waals surface area (Å²) in [6.07, 6.45) is 3.46. The van der Waals surface area contributed by atoms with Gasteiger partial charge in [-0.25, -0.2) is 0 Å². The first-order valence-corrected chi connectivity index (χ1v) is 7.76. The highest BCUT2D eigenvalue weighted by molar-refractivity contribution is 5.67. The second kappa shape index (κ2) is 8.47. The molecule has 0 radical (unpaired) electrons. The first-order valence-electron chi connectivity index (χ1n) is 7.76. The Hall–Kier alpha value is -1.70. The number of nitrogens with zero attached hydrogens (tertiary/aromatic N) is 2. The number of aromatic nitrogens is 2. The molecule has 1 aliphatic rings. The van der Waals surface area contributed by atoms with E-state index in [-0.39, 0.29) is 0 Å². The Kier molecular flexibility index (Phi) is 6.92. The number of hydrogen-bond acceptors (Lipinski definition) is 2. The van der Waals surface area contributed by atoms with Gasteiger partial charge in [-0.3, -0.25) is 0 Å². The highest BCUT2D eigenvalue weighted by Gasteiger charge is 2.15. The molecule has 2 nitrogen and oxygen atoms in total. The molecule has 0 atom stereocenters. The molecule has 108 valence electrons. The summed E-state index contributed by atoms with van der Waals surface area (Å²) < 4.78 is 0. The fourth-order valence-electron chi connectivity index (χ4n) is 2.40. The summed E-state index contributed by atoms with van der Waals surface area (Å²) in [6.45, 7) is 10.0. The average Bonchev–Trinajstić information content (AvgIpc) is 2.70. The number of aryl methyl sites for hydroxylation is 3. The lowest BCUT2D eigenvalue weighted by Crippen LogP contribution is -1.96. The van der Waals surface area contributed by atoms with Crippen LogP contribution < -0.4 is 0 Å². The van der Waals surface area contributed by atoms with Gasteiger partial charge in [0.25, 0.3) is 0 Å². The van der Waals surface area contributed by atoms with Crippen molar-refractivity contribution >= 4 is 0 Å². The van der Waals surface area contributed by atoms with Crippen LogP contribution in [-0.4, -0.2) is 10.2 Å². The van der Waals surface area contributed by atoms with E-state index in [1.54, 1.807) is 0 Å². The molecule has 0 aliphatic heterocycles. The van der Waals surface area contributed by atoms with Gasteiger partial charge in [0.05, 0.1) is 11.4 Å². The van der Waals surface area contributed by atoms with Crippen molar-refractivity contribution < 1.29 is 0 Å². The van der Waals surface area contributed by atoms with Gasteiger partial charge >= 0.3 is 0 Å². The Morgan fingerprint density at radius 2 is 1.50 bits per heavy atom. The van der Waals surface area contributed by atoms with E-state index in [9.17, 15) is 0 Å². The summed E-state index contributed by atoms with van der Waals surface area (Å²) in [6, 6.07) is 10.7. The predicted molar refractivity (Wildman–Crippen MR) is 86.9 cm³/mol. The van der Waals surface area contributed by atoms with E-state index >= 15 is 0 Å². The zero-order chi connectivity index (χ0) is 15.0. The lowest BCUT2D eigenvalue weighted by molar-refractivity contribution is 0.826. The molecular formula is C18H26N2. The quantitative estimate of drug-likeness (QED) is 0.673. The lowest BCUT2D eigenvalue weighted by atomic mass is 10.0. The van der Waals surface area contributed by atoms with E-state index in [1.807, 2.05) is 34.6 Å². The molecule has 0 unspecified atom stereocenters. The zero-order valence-corrected chi connectivity index (χ0v) is 13.4. The minimum Gasteiger partial charge on any atom is -0.155 e. The van der Waals surface area contributed by atoms with Crippen molar-refractivity contribution in [2.45, 2.75) is 53.9 Å². The van der Waals surface area contributed by atoms with Crippen molar-refractivity contribution in [1.82, 2.24) is 10.2 Å². The number of benzene rings is 1. The first kappa shape index (κ1) is 16.4. The van der Waals surface area contributed by atoms with Gasteiger partial charge < -0.3 is 0 Å². The summed E-state index contributed by atoms with van der Waals surface area (Å²) in [5.41, 5.74) is 6.11. The predicted octanol–water partition coefficient (Wildman–Crippen LogP) is 4.99. The summed E-state index contributed by atoms with van der Waals surface area (Å²) >= 11 is 0. The maximum absolute atomic E-state index is 4.37. The molecule has 0 saturated carbocycles. The lowest BCUT2D eigenvalue weighted by Gasteiger charge is -2.07. The van der Waals surface area contributed by atoms with Crippen LogP contribution in [0.5, 0.6) is 0 Å². The van der Waals surface area contributed by atoms with Crippen LogP contribution in [-0.2, 0) is 12.8 Å². The maximum atomic E-state index is 4.37. The largest absolute Gasteiger partial charge is 0.155 e. The van der Waals surface area contributed by atoms with Gasteiger partial charge in [-0.1, -0.05) is 52.0 Å². The van der Waals surface area contributed by atoms with Crippen LogP contribution in [0.4, 0.5) is 0 Å². The molecule has 0 bridgehead atoms. The van der Waals surface area contributed by atoms with Crippen molar-refractivity contribution in [2.75, 3.05) is 0 Å². The Morgan fingerprint density at radius 3 is 2.25 bits per heavy atom. The Balaban J connectivity index is 0.000000461. The van der Waals surface area contributed by atoms with Gasteiger partial charge in [0.1, 0.15) is 0 Å². The smallest absolute Gasteiger partial charge is 0.0964 e. The van der Waals surface area contributed by atoms with Gasteiger partial charge in [0, 0.05) is 5.56 Å². The molecule has 1 aliphatic carbocycles. The molecule has 0 saturated heterocycles. The molecule has 20 heavy (non-hydrogen) atoms. The molecular weight excluding hydrogens is 244 g/mol. The van der Waals surface area contributed by atoms with Crippen LogP contribution in [0.15, 0.2) is 30.3 Å². The van der Waals surface area contributed by atoms with E-state index in [0.717, 1.165) is 24.2 Å². The summed E-state index contributed by atoms with van der Waals surface area (Å²) in [5, 5.41) is 8.55. The van der Waals surface area contributed by atoms with Gasteiger partial charge in [-0.2, -0.15) is 5.10 Å². The van der Waals surface area contributed by atoms with Crippen molar-refractivity contribution in [1.29, 1.82) is 0 Å². The van der Waals surface area contributed by atoms with Crippen molar-refractivity contribution in [3.05, 3.63) is 47.2 Å². The normalized spacial score (nSPS) is 11.7. The van der Waals surface area contributed by atoms with Gasteiger partial charge in [-0.15, -0.1) is 5.10 Å². The average molecular weight is 270 g/mol. The number of rotatable bonds is 0. The molecule has 1 aromatic carbocycles. The highest BCUT2D eigenvalue weighted by Crippen LogP contribution is 2.30. The van der Waals surface area contributed by atoms with Crippen LogP contribution in [0.2, 0.25) is 0 Å². The summed E-state index contributed by atoms with van der Waals surface area (Å²) in [4.78, 5) is 0. The number of hydrogen-bond donors (Lipinski definition) is 0. The van der Waals surface area contributed by atoms with E-state index in [1.165, 1.54) is 23.1 Å². The maximum Gasteiger partial charge on any atom is 0.0964 e. The molecule has 3 rings (SSSR count). The molecule has 1 heterocycles. The van der Waals surface area contributed by atoms with Crippen LogP contribution in [0.25, 0.3) is 11.3 Å². The van der Waals surface area contributed by atoms with Crippen molar-refractivity contribution in [2.24, 2.45) is 0 Å². The fraction of sp³-hybridized carbons (Fsp3) is 0.444. The van der Waals surface area contributed by atoms with Gasteiger partial charge in [0.15, 0.2) is 0 Å². The minimum absolute atomic E-state index is 1.01. The highest BCUT2D eigenvalue weighted by atomic mass is 15.1. The molecule has 0 N–H and O–H groups in total. The number of fused-ring (bicyclic) bond motifs is 3. The Labute approximate surface area is 123 Å². The van der Waals surface area contributed by atoms with E-state index in [4.69, 9.17) is 0 Å². The van der Waals surface area contributed by atoms with Crippen molar-refractivity contribution in [3.63, 3.8) is 0 Å². The van der Waals surface area contributed by atoms with Crippen LogP contribution in [0, 0.1) is 6.92 Å². The third kappa shape index (κ3) is 3.66. The topological polar surface area (TPSA) is 25.8 Å². The molecule has 0 fully saturated rings. The van der Waals surface area contributed by atoms with E-state index < -0.39 is 0 Å². The van der Waals surface area contributed by atoms with Crippen molar-refractivity contribution in [3.8, 4) is 11.3 Å². The summed E-state index contributed by atoms with van der Waals surface area (Å²) in [5.74, 6) is 0. The molecule has 0 spiro atoms. The zero-order valence-electron chi connectivity index (χ0n) is 13.4. The minimum atomic E-state index is 1.01. The Bertz CT molecular complexity index is 533. The third-order valence-corrected chi connectivity index (χ3v) is 3.16. The summed E-state index contributed by atoms with van der Waals surface area (Å²) in [7, 11) is 0. The third-order valence-electron chi connectivity index (χ3n) is 3.16. The second-order valence-electron chi connectivity index (χ2n) is 4.37. The fourth-order valence-corrected chi connectivity index (χ4v) is 2.40. The SMILES string of the molecule is CC.CC.Cc1cc2c(nn1)-c1ccccc1CCC2. The molecule has 1 aromatic heterocycles. The Morgan fingerprint density at radius 1 is 0.850 bits per heavy atom. The molecule has 2 aromatic rings. The van der Waals surface area contributed by atoms with E-state index in [2.05, 4.69) is 40.5 Å². The van der Waals surface area contributed by atoms with Gasteiger partial charge in [-0.05, 0) is 43.4 Å². The van der Waals surface area contributed by atoms with Gasteiger partial charge in [0.2, 0.25) is 0 Å².